The number of rotatable bonds is 9. The van der Waals surface area contributed by atoms with Crippen LogP contribution in [0.3, 0.4) is 0 Å². The average Bonchev–Trinajstić information content (AvgIpc) is 3.17. The van der Waals surface area contributed by atoms with Crippen molar-refractivity contribution in [2.24, 2.45) is 5.92 Å². The zero-order valence-electron chi connectivity index (χ0n) is 19.3. The van der Waals surface area contributed by atoms with Gasteiger partial charge in [0.25, 0.3) is 0 Å². The highest BCUT2D eigenvalue weighted by molar-refractivity contribution is 7.89. The van der Waals surface area contributed by atoms with E-state index < -0.39 is 10.0 Å². The zero-order chi connectivity index (χ0) is 23.4. The molecule has 1 aromatic heterocycles. The van der Waals surface area contributed by atoms with Gasteiger partial charge in [-0.15, -0.1) is 11.3 Å². The molecule has 1 fully saturated rings. The first-order valence-electron chi connectivity index (χ1n) is 12.1. The van der Waals surface area contributed by atoms with Gasteiger partial charge in [0.15, 0.2) is 5.13 Å². The van der Waals surface area contributed by atoms with Crippen molar-refractivity contribution in [2.75, 3.05) is 18.8 Å². The molecule has 2 aliphatic carbocycles. The number of sulfonamides is 1. The minimum Gasteiger partial charge on any atom is -0.375 e. The van der Waals surface area contributed by atoms with Crippen LogP contribution in [-0.2, 0) is 22.9 Å². The molecule has 0 radical (unpaired) electrons. The molecule has 182 valence electrons. The fraction of sp³-hybridized carbons (Fsp3) is 0.625. The molecule has 0 bridgehead atoms. The standard InChI is InChI=1S/C24H35ClN4O2S2/c1-2-14-29(19-11-12-21-22(16-19)32-24(26)27-21)15-13-17-7-9-18(10-8-17)28-33(30,31)23-6-4-3-5-20(23)25/h3-6,17-19,28H,2,7-16H2,1H3,(H2,26,27)/t17?,18?,19-/m0/s1. The highest BCUT2D eigenvalue weighted by atomic mass is 35.5. The van der Waals surface area contributed by atoms with Crippen molar-refractivity contribution in [3.8, 4) is 0 Å². The van der Waals surface area contributed by atoms with Gasteiger partial charge < -0.3 is 10.6 Å². The summed E-state index contributed by atoms with van der Waals surface area (Å²) in [5, 5.41) is 0.968. The molecule has 33 heavy (non-hydrogen) atoms. The quantitative estimate of drug-likeness (QED) is 0.502. The van der Waals surface area contributed by atoms with E-state index in [0.29, 0.717) is 17.1 Å². The third-order valence-corrected chi connectivity index (χ3v) is 10.0. The van der Waals surface area contributed by atoms with Crippen molar-refractivity contribution in [2.45, 2.75) is 81.7 Å². The normalized spacial score (nSPS) is 23.5. The third-order valence-electron chi connectivity index (χ3n) is 7.08. The number of nitrogens with one attached hydrogen (secondary N) is 1. The number of benzene rings is 1. The topological polar surface area (TPSA) is 88.3 Å². The molecular weight excluding hydrogens is 476 g/mol. The highest BCUT2D eigenvalue weighted by Gasteiger charge is 2.29. The van der Waals surface area contributed by atoms with E-state index in [4.69, 9.17) is 17.3 Å². The molecule has 1 saturated carbocycles. The molecule has 0 aliphatic heterocycles. The van der Waals surface area contributed by atoms with E-state index in [2.05, 4.69) is 21.5 Å². The molecule has 0 spiro atoms. The summed E-state index contributed by atoms with van der Waals surface area (Å²) in [6, 6.07) is 7.20. The molecule has 9 heteroatoms. The van der Waals surface area contributed by atoms with E-state index in [0.717, 1.165) is 64.5 Å². The summed E-state index contributed by atoms with van der Waals surface area (Å²) in [6.07, 6.45) is 9.50. The van der Waals surface area contributed by atoms with E-state index in [1.54, 1.807) is 35.6 Å². The number of halogens is 1. The summed E-state index contributed by atoms with van der Waals surface area (Å²) in [4.78, 5) is 8.70. The summed E-state index contributed by atoms with van der Waals surface area (Å²) in [6.45, 7) is 4.49. The van der Waals surface area contributed by atoms with Crippen molar-refractivity contribution in [3.63, 3.8) is 0 Å². The van der Waals surface area contributed by atoms with Gasteiger partial charge in [0, 0.05) is 17.0 Å². The number of thiazole rings is 1. The SMILES string of the molecule is CCCN(CCC1CCC(NS(=O)(=O)c2ccccc2Cl)CC1)[C@H]1CCc2nc(N)sc2C1. The number of nitrogen functional groups attached to an aromatic ring is 1. The minimum absolute atomic E-state index is 0.0113. The number of aryl methyl sites for hydroxylation is 1. The van der Waals surface area contributed by atoms with E-state index in [9.17, 15) is 8.42 Å². The molecule has 0 unspecified atom stereocenters. The van der Waals surface area contributed by atoms with Gasteiger partial charge in [0.1, 0.15) is 4.90 Å². The van der Waals surface area contributed by atoms with E-state index in [1.165, 1.54) is 17.0 Å². The predicted octanol–water partition coefficient (Wildman–Crippen LogP) is 4.88. The van der Waals surface area contributed by atoms with Gasteiger partial charge in [-0.25, -0.2) is 18.1 Å². The van der Waals surface area contributed by atoms with Gasteiger partial charge in [-0.2, -0.15) is 0 Å². The first-order chi connectivity index (χ1) is 15.9. The van der Waals surface area contributed by atoms with Crippen LogP contribution in [0.15, 0.2) is 29.2 Å². The molecule has 1 heterocycles. The van der Waals surface area contributed by atoms with Gasteiger partial charge in [0.2, 0.25) is 10.0 Å². The van der Waals surface area contributed by atoms with Gasteiger partial charge in [-0.05, 0) is 88.9 Å². The number of nitrogens with two attached hydrogens (primary N) is 1. The predicted molar refractivity (Wildman–Crippen MR) is 136 cm³/mol. The van der Waals surface area contributed by atoms with Crippen molar-refractivity contribution in [1.29, 1.82) is 0 Å². The second kappa shape index (κ2) is 11.0. The fourth-order valence-corrected chi connectivity index (χ4v) is 8.09. The van der Waals surface area contributed by atoms with Gasteiger partial charge in [0.05, 0.1) is 10.7 Å². The van der Waals surface area contributed by atoms with Crippen LogP contribution in [0.5, 0.6) is 0 Å². The summed E-state index contributed by atoms with van der Waals surface area (Å²) >= 11 is 7.76. The van der Waals surface area contributed by atoms with Crippen molar-refractivity contribution < 1.29 is 8.42 Å². The summed E-state index contributed by atoms with van der Waals surface area (Å²) in [7, 11) is -3.58. The Bertz CT molecular complexity index is 1030. The maximum Gasteiger partial charge on any atom is 0.242 e. The molecule has 1 atom stereocenters. The lowest BCUT2D eigenvalue weighted by Gasteiger charge is -2.36. The first kappa shape index (κ1) is 24.9. The van der Waals surface area contributed by atoms with Gasteiger partial charge >= 0.3 is 0 Å². The van der Waals surface area contributed by atoms with Crippen LogP contribution in [0.25, 0.3) is 0 Å². The number of aromatic nitrogens is 1. The summed E-state index contributed by atoms with van der Waals surface area (Å²) < 4.78 is 28.4. The molecular formula is C24H35ClN4O2S2. The Morgan fingerprint density at radius 1 is 1.18 bits per heavy atom. The number of hydrogen-bond donors (Lipinski definition) is 2. The Balaban J connectivity index is 1.26. The Morgan fingerprint density at radius 2 is 1.94 bits per heavy atom. The maximum atomic E-state index is 12.7. The molecule has 6 nitrogen and oxygen atoms in total. The van der Waals surface area contributed by atoms with Gasteiger partial charge in [-0.1, -0.05) is 30.7 Å². The number of anilines is 1. The maximum absolute atomic E-state index is 12.7. The van der Waals surface area contributed by atoms with E-state index >= 15 is 0 Å². The van der Waals surface area contributed by atoms with Crippen LogP contribution < -0.4 is 10.5 Å². The number of hydrogen-bond acceptors (Lipinski definition) is 6. The van der Waals surface area contributed by atoms with Crippen molar-refractivity contribution in [1.82, 2.24) is 14.6 Å². The van der Waals surface area contributed by atoms with Crippen LogP contribution in [-0.4, -0.2) is 43.5 Å². The monoisotopic (exact) mass is 510 g/mol. The fourth-order valence-electron chi connectivity index (χ4n) is 5.32. The Labute approximate surface area is 207 Å². The first-order valence-corrected chi connectivity index (χ1v) is 14.8. The molecule has 1 aromatic carbocycles. The van der Waals surface area contributed by atoms with Crippen molar-refractivity contribution in [3.05, 3.63) is 39.9 Å². The lowest BCUT2D eigenvalue weighted by atomic mass is 9.84. The van der Waals surface area contributed by atoms with Crippen LogP contribution in [0, 0.1) is 5.92 Å². The van der Waals surface area contributed by atoms with Crippen LogP contribution in [0.4, 0.5) is 5.13 Å². The Hall–Kier alpha value is -1.19. The van der Waals surface area contributed by atoms with Crippen LogP contribution >= 0.6 is 22.9 Å². The second-order valence-electron chi connectivity index (χ2n) is 9.41. The molecule has 0 saturated heterocycles. The minimum atomic E-state index is -3.58. The smallest absolute Gasteiger partial charge is 0.242 e. The largest absolute Gasteiger partial charge is 0.375 e. The molecule has 2 aliphatic rings. The molecule has 0 amide bonds. The second-order valence-corrected chi connectivity index (χ2v) is 12.6. The molecule has 3 N–H and O–H groups in total. The zero-order valence-corrected chi connectivity index (χ0v) is 21.7. The average molecular weight is 511 g/mol. The lowest BCUT2D eigenvalue weighted by Crippen LogP contribution is -2.41. The Morgan fingerprint density at radius 3 is 2.67 bits per heavy atom. The van der Waals surface area contributed by atoms with E-state index in [-0.39, 0.29) is 16.0 Å². The summed E-state index contributed by atoms with van der Waals surface area (Å²) in [5.41, 5.74) is 7.14. The Kier molecular flexibility index (Phi) is 8.33. The van der Waals surface area contributed by atoms with Crippen LogP contribution in [0.2, 0.25) is 5.02 Å². The highest BCUT2D eigenvalue weighted by Crippen LogP contribution is 2.32. The number of fused-ring (bicyclic) bond motifs is 1. The molecule has 4 rings (SSSR count). The van der Waals surface area contributed by atoms with E-state index in [1.807, 2.05) is 0 Å². The van der Waals surface area contributed by atoms with Crippen molar-refractivity contribution >= 4 is 38.1 Å². The molecule has 2 aromatic rings. The van der Waals surface area contributed by atoms with Gasteiger partial charge in [-0.3, -0.25) is 0 Å². The number of nitrogens with zero attached hydrogens (tertiary/aromatic N) is 2. The lowest BCUT2D eigenvalue weighted by molar-refractivity contribution is 0.158. The van der Waals surface area contributed by atoms with Crippen LogP contribution in [0.1, 0.15) is 62.4 Å². The summed E-state index contributed by atoms with van der Waals surface area (Å²) in [5.74, 6) is 0.656. The third kappa shape index (κ3) is 6.28.